The van der Waals surface area contributed by atoms with Crippen molar-refractivity contribution < 1.29 is 14.3 Å². The van der Waals surface area contributed by atoms with Gasteiger partial charge >= 0.3 is 5.97 Å². The molecule has 1 atom stereocenters. The Hall–Kier alpha value is -2.36. The predicted octanol–water partition coefficient (Wildman–Crippen LogP) is 4.78. The minimum absolute atomic E-state index is 0.000547. The van der Waals surface area contributed by atoms with Gasteiger partial charge in [-0.05, 0) is 50.0 Å². The number of esters is 1. The summed E-state index contributed by atoms with van der Waals surface area (Å²) in [6.07, 6.45) is 5.39. The highest BCUT2D eigenvalue weighted by Crippen LogP contribution is 2.46. The molecule has 3 aliphatic rings. The van der Waals surface area contributed by atoms with E-state index >= 15 is 0 Å². The van der Waals surface area contributed by atoms with Crippen LogP contribution >= 0.6 is 0 Å². The van der Waals surface area contributed by atoms with Crippen molar-refractivity contribution >= 4 is 11.8 Å². The summed E-state index contributed by atoms with van der Waals surface area (Å²) in [5.74, 6) is -0.504. The summed E-state index contributed by atoms with van der Waals surface area (Å²) in [6, 6.07) is 9.89. The summed E-state index contributed by atoms with van der Waals surface area (Å²) in [4.78, 5) is 26.4. The maximum absolute atomic E-state index is 13.2. The van der Waals surface area contributed by atoms with E-state index in [4.69, 9.17) is 4.74 Å². The topological polar surface area (TPSA) is 55.4 Å². The minimum atomic E-state index is -0.352. The molecule has 1 fully saturated rings. The van der Waals surface area contributed by atoms with E-state index in [9.17, 15) is 9.59 Å². The van der Waals surface area contributed by atoms with Crippen LogP contribution in [-0.2, 0) is 14.3 Å². The molecule has 1 saturated carbocycles. The molecular weight excluding hydrogens is 350 g/mol. The van der Waals surface area contributed by atoms with Crippen molar-refractivity contribution in [3.63, 3.8) is 0 Å². The molecule has 0 spiro atoms. The first-order chi connectivity index (χ1) is 13.4. The first kappa shape index (κ1) is 19.0. The van der Waals surface area contributed by atoms with Crippen LogP contribution in [0.2, 0.25) is 0 Å². The molecule has 4 rings (SSSR count). The third kappa shape index (κ3) is 3.52. The van der Waals surface area contributed by atoms with E-state index in [0.29, 0.717) is 12.0 Å². The quantitative estimate of drug-likeness (QED) is 0.768. The fourth-order valence-corrected chi connectivity index (χ4v) is 4.91. The first-order valence-electron chi connectivity index (χ1n) is 10.4. The fourth-order valence-electron chi connectivity index (χ4n) is 4.91. The molecule has 4 heteroatoms. The van der Waals surface area contributed by atoms with E-state index in [0.717, 1.165) is 54.6 Å². The van der Waals surface area contributed by atoms with Crippen LogP contribution in [0.5, 0.6) is 0 Å². The molecule has 2 aliphatic carbocycles. The highest BCUT2D eigenvalue weighted by molar-refractivity contribution is 6.04. The zero-order chi connectivity index (χ0) is 19.9. The van der Waals surface area contributed by atoms with E-state index in [2.05, 4.69) is 19.2 Å². The van der Waals surface area contributed by atoms with Crippen LogP contribution in [0.4, 0.5) is 0 Å². The molecule has 28 heavy (non-hydrogen) atoms. The molecule has 1 aromatic rings. The lowest BCUT2D eigenvalue weighted by atomic mass is 9.68. The van der Waals surface area contributed by atoms with Gasteiger partial charge in [0.1, 0.15) is 6.10 Å². The second-order valence-electron chi connectivity index (χ2n) is 9.15. The average Bonchev–Trinajstić information content (AvgIpc) is 3.13. The number of ether oxygens (including phenoxy) is 1. The Kier molecular flexibility index (Phi) is 4.90. The summed E-state index contributed by atoms with van der Waals surface area (Å²) in [7, 11) is 0. The molecule has 0 saturated heterocycles. The van der Waals surface area contributed by atoms with Crippen molar-refractivity contribution in [3.8, 4) is 0 Å². The summed E-state index contributed by atoms with van der Waals surface area (Å²) >= 11 is 0. The number of rotatable bonds is 3. The van der Waals surface area contributed by atoms with E-state index in [1.54, 1.807) is 0 Å². The number of carbonyl (C=O) groups excluding carboxylic acids is 2. The molecule has 148 valence electrons. The Morgan fingerprint density at radius 2 is 1.79 bits per heavy atom. The molecular formula is C24H29NO3. The van der Waals surface area contributed by atoms with Crippen molar-refractivity contribution in [1.29, 1.82) is 0 Å². The van der Waals surface area contributed by atoms with Crippen LogP contribution in [0.3, 0.4) is 0 Å². The highest BCUT2D eigenvalue weighted by atomic mass is 16.5. The summed E-state index contributed by atoms with van der Waals surface area (Å²) in [5, 5.41) is 3.40. The molecule has 0 amide bonds. The van der Waals surface area contributed by atoms with Crippen molar-refractivity contribution in [2.45, 2.75) is 71.3 Å². The lowest BCUT2D eigenvalue weighted by Gasteiger charge is -2.39. The van der Waals surface area contributed by atoms with Gasteiger partial charge in [-0.2, -0.15) is 0 Å². The van der Waals surface area contributed by atoms with Crippen LogP contribution in [-0.4, -0.2) is 17.9 Å². The number of hydrogen-bond donors (Lipinski definition) is 1. The Balaban J connectivity index is 1.76. The molecule has 0 unspecified atom stereocenters. The van der Waals surface area contributed by atoms with E-state index in [1.165, 1.54) is 0 Å². The number of hydrogen-bond acceptors (Lipinski definition) is 4. The van der Waals surface area contributed by atoms with Gasteiger partial charge in [0.05, 0.1) is 5.57 Å². The van der Waals surface area contributed by atoms with Crippen molar-refractivity contribution in [3.05, 3.63) is 58.4 Å². The minimum Gasteiger partial charge on any atom is -0.459 e. The maximum atomic E-state index is 13.2. The van der Waals surface area contributed by atoms with E-state index in [1.807, 2.05) is 37.3 Å². The molecule has 1 heterocycles. The molecule has 0 radical (unpaired) electrons. The molecule has 1 aliphatic heterocycles. The monoisotopic (exact) mass is 379 g/mol. The lowest BCUT2D eigenvalue weighted by Crippen LogP contribution is -2.39. The number of dihydropyridines is 1. The van der Waals surface area contributed by atoms with Gasteiger partial charge in [-0.1, -0.05) is 44.2 Å². The van der Waals surface area contributed by atoms with Crippen LogP contribution in [0, 0.1) is 5.41 Å². The summed E-state index contributed by atoms with van der Waals surface area (Å²) in [5.41, 5.74) is 4.00. The molecule has 0 bridgehead atoms. The van der Waals surface area contributed by atoms with Gasteiger partial charge in [-0.3, -0.25) is 4.79 Å². The van der Waals surface area contributed by atoms with Crippen LogP contribution in [0.25, 0.3) is 0 Å². The second-order valence-corrected chi connectivity index (χ2v) is 9.15. The average molecular weight is 380 g/mol. The van der Waals surface area contributed by atoms with E-state index < -0.39 is 0 Å². The number of benzene rings is 1. The highest BCUT2D eigenvalue weighted by Gasteiger charge is 2.43. The lowest BCUT2D eigenvalue weighted by molar-refractivity contribution is -0.144. The second kappa shape index (κ2) is 7.23. The zero-order valence-electron chi connectivity index (χ0n) is 17.0. The van der Waals surface area contributed by atoms with Gasteiger partial charge in [0.25, 0.3) is 0 Å². The predicted molar refractivity (Wildman–Crippen MR) is 108 cm³/mol. The summed E-state index contributed by atoms with van der Waals surface area (Å²) in [6.45, 7) is 6.17. The Labute approximate surface area is 167 Å². The summed E-state index contributed by atoms with van der Waals surface area (Å²) < 4.78 is 5.86. The largest absolute Gasteiger partial charge is 0.459 e. The van der Waals surface area contributed by atoms with Gasteiger partial charge in [0, 0.05) is 29.3 Å². The van der Waals surface area contributed by atoms with Gasteiger partial charge in [0.15, 0.2) is 5.78 Å². The van der Waals surface area contributed by atoms with Gasteiger partial charge in [-0.25, -0.2) is 4.79 Å². The molecule has 1 N–H and O–H groups in total. The van der Waals surface area contributed by atoms with Gasteiger partial charge in [-0.15, -0.1) is 0 Å². The number of nitrogens with one attached hydrogen (secondary N) is 1. The number of carbonyl (C=O) groups is 2. The number of Topliss-reactive ketones (excluding diaryl/α,β-unsaturated/α-hetero) is 1. The van der Waals surface area contributed by atoms with Gasteiger partial charge < -0.3 is 10.1 Å². The normalized spacial score (nSPS) is 24.8. The maximum Gasteiger partial charge on any atom is 0.337 e. The van der Waals surface area contributed by atoms with Crippen molar-refractivity contribution in [1.82, 2.24) is 5.32 Å². The third-order valence-corrected chi connectivity index (χ3v) is 6.17. The first-order valence-corrected chi connectivity index (χ1v) is 10.4. The smallest absolute Gasteiger partial charge is 0.337 e. The standard InChI is InChI=1S/C24H29NO3/c1-15-20(23(27)28-17-11-7-8-12-17)21(16-9-5-4-6-10-16)22-18(25-15)13-24(2,3)14-19(22)26/h4-6,9-10,17,21,25H,7-8,11-14H2,1-3H3/t21-/m1/s1. The fraction of sp³-hybridized carbons (Fsp3) is 0.500. The third-order valence-electron chi connectivity index (χ3n) is 6.17. The number of allylic oxidation sites excluding steroid dienone is 3. The van der Waals surface area contributed by atoms with Crippen LogP contribution < -0.4 is 5.32 Å². The van der Waals surface area contributed by atoms with Crippen LogP contribution in [0.1, 0.15) is 70.8 Å². The molecule has 0 aromatic heterocycles. The number of ketones is 1. The van der Waals surface area contributed by atoms with Crippen LogP contribution in [0.15, 0.2) is 52.9 Å². The van der Waals surface area contributed by atoms with Crippen molar-refractivity contribution in [2.75, 3.05) is 0 Å². The molecule has 1 aromatic carbocycles. The molecule has 4 nitrogen and oxygen atoms in total. The Morgan fingerprint density at radius 1 is 1.11 bits per heavy atom. The van der Waals surface area contributed by atoms with E-state index in [-0.39, 0.29) is 29.2 Å². The SMILES string of the molecule is CC1=C(C(=O)OC2CCCC2)[C@@H](c2ccccc2)C2=C(CC(C)(C)CC2=O)N1. The van der Waals surface area contributed by atoms with Gasteiger partial charge in [0.2, 0.25) is 0 Å². The Bertz CT molecular complexity index is 857. The van der Waals surface area contributed by atoms with Crippen molar-refractivity contribution in [2.24, 2.45) is 5.41 Å². The zero-order valence-corrected chi connectivity index (χ0v) is 17.0. The Morgan fingerprint density at radius 3 is 2.46 bits per heavy atom.